The molecule has 2 aromatic carbocycles. The first-order chi connectivity index (χ1) is 16.2. The number of rotatable bonds is 6. The Morgan fingerprint density at radius 1 is 1.06 bits per heavy atom. The van der Waals surface area contributed by atoms with E-state index in [0.29, 0.717) is 24.3 Å². The summed E-state index contributed by atoms with van der Waals surface area (Å²) in [7, 11) is 1.73. The number of aromatic nitrogens is 1. The molecule has 0 fully saturated rings. The number of carbonyl (C=O) groups excluding carboxylic acids is 1. The molecule has 0 radical (unpaired) electrons. The zero-order valence-corrected chi connectivity index (χ0v) is 19.1. The summed E-state index contributed by atoms with van der Waals surface area (Å²) in [6, 6.07) is 13.7. The quantitative estimate of drug-likeness (QED) is 0.346. The first kappa shape index (κ1) is 24.8. The number of anilines is 2. The number of hydrogen-bond acceptors (Lipinski definition) is 3. The smallest absolute Gasteiger partial charge is 0.352 e. The average Bonchev–Trinajstić information content (AvgIpc) is 2.80. The van der Waals surface area contributed by atoms with Gasteiger partial charge in [-0.15, -0.1) is 0 Å². The summed E-state index contributed by atoms with van der Waals surface area (Å²) < 4.78 is 39.0. The van der Waals surface area contributed by atoms with Crippen molar-refractivity contribution in [2.24, 2.45) is 4.99 Å². The van der Waals surface area contributed by atoms with Gasteiger partial charge in [-0.25, -0.2) is 4.79 Å². The molecule has 0 unspecified atom stereocenters. The van der Waals surface area contributed by atoms with Gasteiger partial charge in [-0.05, 0) is 61.4 Å². The minimum atomic E-state index is -4.49. The molecular weight excluding hydrogens is 443 g/mol. The second kappa shape index (κ2) is 10.8. The van der Waals surface area contributed by atoms with Gasteiger partial charge in [0.2, 0.25) is 0 Å². The van der Waals surface area contributed by atoms with Crippen LogP contribution in [-0.4, -0.2) is 35.3 Å². The van der Waals surface area contributed by atoms with Crippen LogP contribution < -0.4 is 10.6 Å². The van der Waals surface area contributed by atoms with Crippen LogP contribution in [0.1, 0.15) is 29.2 Å². The lowest BCUT2D eigenvalue weighted by Crippen LogP contribution is -2.31. The first-order valence-electron chi connectivity index (χ1n) is 10.7. The highest BCUT2D eigenvalue weighted by Gasteiger charge is 2.31. The van der Waals surface area contributed by atoms with Gasteiger partial charge in [0.25, 0.3) is 0 Å². The van der Waals surface area contributed by atoms with E-state index in [9.17, 15) is 18.0 Å². The maximum Gasteiger partial charge on any atom is 0.416 e. The van der Waals surface area contributed by atoms with Gasteiger partial charge >= 0.3 is 12.2 Å². The summed E-state index contributed by atoms with van der Waals surface area (Å²) in [6.45, 7) is 4.92. The van der Waals surface area contributed by atoms with E-state index in [1.807, 2.05) is 37.3 Å². The number of amides is 2. The third-order valence-electron chi connectivity index (χ3n) is 5.20. The molecule has 6 nitrogen and oxygen atoms in total. The molecule has 0 aliphatic carbocycles. The molecule has 0 aliphatic heterocycles. The largest absolute Gasteiger partial charge is 0.416 e. The molecule has 3 aromatic rings. The number of aliphatic imine (C=N–C) groups is 1. The minimum absolute atomic E-state index is 0.0989. The summed E-state index contributed by atoms with van der Waals surface area (Å²) in [5.41, 5.74) is 2.21. The molecule has 1 heterocycles. The fraction of sp³-hybridized carbons (Fsp3) is 0.240. The molecule has 0 saturated carbocycles. The van der Waals surface area contributed by atoms with Gasteiger partial charge in [0.05, 0.1) is 5.56 Å². The summed E-state index contributed by atoms with van der Waals surface area (Å²) in [6.07, 6.45) is -1.07. The number of nitrogens with one attached hydrogen (secondary N) is 2. The number of amidine groups is 1. The van der Waals surface area contributed by atoms with Gasteiger partial charge in [-0.1, -0.05) is 18.2 Å². The first-order valence-corrected chi connectivity index (χ1v) is 10.7. The number of aryl methyl sites for hydroxylation is 1. The predicted octanol–water partition coefficient (Wildman–Crippen LogP) is 5.95. The van der Waals surface area contributed by atoms with E-state index in [2.05, 4.69) is 25.5 Å². The number of hydrogen-bond donors (Lipinski definition) is 2. The van der Waals surface area contributed by atoms with E-state index in [1.165, 1.54) is 6.07 Å². The van der Waals surface area contributed by atoms with Gasteiger partial charge in [0, 0.05) is 49.5 Å². The van der Waals surface area contributed by atoms with Crippen molar-refractivity contribution < 1.29 is 18.0 Å². The summed E-state index contributed by atoms with van der Waals surface area (Å²) in [5.74, 6) is 0.820. The Balaban J connectivity index is 1.71. The molecular formula is C25H26F3N5O. The molecule has 0 saturated heterocycles. The second-order valence-electron chi connectivity index (χ2n) is 7.60. The topological polar surface area (TPSA) is 69.6 Å². The summed E-state index contributed by atoms with van der Waals surface area (Å²) in [5, 5.41) is 5.20. The minimum Gasteiger partial charge on any atom is -0.352 e. The number of nitrogens with zero attached hydrogens (tertiary/aromatic N) is 3. The maximum absolute atomic E-state index is 13.0. The lowest BCUT2D eigenvalue weighted by Gasteiger charge is -2.25. The van der Waals surface area contributed by atoms with E-state index in [-0.39, 0.29) is 5.69 Å². The number of urea groups is 1. The van der Waals surface area contributed by atoms with Crippen molar-refractivity contribution in [1.29, 1.82) is 0 Å². The van der Waals surface area contributed by atoms with Crippen molar-refractivity contribution in [3.05, 3.63) is 89.2 Å². The van der Waals surface area contributed by atoms with Gasteiger partial charge < -0.3 is 15.5 Å². The van der Waals surface area contributed by atoms with E-state index in [1.54, 1.807) is 32.4 Å². The van der Waals surface area contributed by atoms with E-state index < -0.39 is 17.8 Å². The molecule has 2 amide bonds. The molecule has 0 aliphatic rings. The van der Waals surface area contributed by atoms with Crippen LogP contribution in [-0.2, 0) is 12.7 Å². The average molecular weight is 470 g/mol. The molecule has 9 heteroatoms. The van der Waals surface area contributed by atoms with E-state index >= 15 is 0 Å². The SMILES string of the molecule is CCN(Cc1cccc(NC(=O)Nc2cc(C(F)(F)F)ccc2C)c1)C(=NC)c1ccncc1. The van der Waals surface area contributed by atoms with Crippen LogP contribution in [0.5, 0.6) is 0 Å². The van der Waals surface area contributed by atoms with Crippen molar-refractivity contribution in [3.63, 3.8) is 0 Å². The van der Waals surface area contributed by atoms with Crippen molar-refractivity contribution in [1.82, 2.24) is 9.88 Å². The Labute approximate surface area is 196 Å². The van der Waals surface area contributed by atoms with Crippen LogP contribution in [0.4, 0.5) is 29.3 Å². The molecule has 3 rings (SSSR count). The van der Waals surface area contributed by atoms with Crippen LogP contribution in [0.2, 0.25) is 0 Å². The number of carbonyl (C=O) groups is 1. The van der Waals surface area contributed by atoms with Gasteiger partial charge in [0.1, 0.15) is 5.84 Å². The van der Waals surface area contributed by atoms with Crippen LogP contribution in [0.15, 0.2) is 72.0 Å². The Kier molecular flexibility index (Phi) is 7.88. The Morgan fingerprint density at radius 2 is 1.79 bits per heavy atom. The van der Waals surface area contributed by atoms with Crippen LogP contribution >= 0.6 is 0 Å². The highest BCUT2D eigenvalue weighted by atomic mass is 19.4. The normalized spacial score (nSPS) is 11.8. The summed E-state index contributed by atoms with van der Waals surface area (Å²) >= 11 is 0. The van der Waals surface area contributed by atoms with Gasteiger partial charge in [0.15, 0.2) is 0 Å². The third kappa shape index (κ3) is 6.34. The molecule has 0 spiro atoms. The fourth-order valence-electron chi connectivity index (χ4n) is 3.48. The number of alkyl halides is 3. The third-order valence-corrected chi connectivity index (χ3v) is 5.20. The molecule has 2 N–H and O–H groups in total. The highest BCUT2D eigenvalue weighted by molar-refractivity contribution is 6.00. The van der Waals surface area contributed by atoms with Gasteiger partial charge in [-0.2, -0.15) is 13.2 Å². The zero-order valence-electron chi connectivity index (χ0n) is 19.1. The highest BCUT2D eigenvalue weighted by Crippen LogP contribution is 2.32. The van der Waals surface area contributed by atoms with Gasteiger partial charge in [-0.3, -0.25) is 9.98 Å². The summed E-state index contributed by atoms with van der Waals surface area (Å²) in [4.78, 5) is 23.1. The Bertz CT molecular complexity index is 1160. The molecule has 0 atom stereocenters. The van der Waals surface area contributed by atoms with E-state index in [0.717, 1.165) is 29.1 Å². The predicted molar refractivity (Wildman–Crippen MR) is 128 cm³/mol. The Morgan fingerprint density at radius 3 is 2.44 bits per heavy atom. The number of benzene rings is 2. The lowest BCUT2D eigenvalue weighted by atomic mass is 10.1. The van der Waals surface area contributed by atoms with Crippen LogP contribution in [0.3, 0.4) is 0 Å². The van der Waals surface area contributed by atoms with E-state index in [4.69, 9.17) is 0 Å². The van der Waals surface area contributed by atoms with Crippen molar-refractivity contribution in [3.8, 4) is 0 Å². The van der Waals surface area contributed by atoms with Crippen molar-refractivity contribution in [2.75, 3.05) is 24.2 Å². The second-order valence-corrected chi connectivity index (χ2v) is 7.60. The molecule has 1 aromatic heterocycles. The number of halogens is 3. The lowest BCUT2D eigenvalue weighted by molar-refractivity contribution is -0.137. The molecule has 178 valence electrons. The fourth-order valence-corrected chi connectivity index (χ4v) is 3.48. The number of pyridine rings is 1. The molecule has 34 heavy (non-hydrogen) atoms. The van der Waals surface area contributed by atoms with Crippen LogP contribution in [0.25, 0.3) is 0 Å². The van der Waals surface area contributed by atoms with Crippen molar-refractivity contribution in [2.45, 2.75) is 26.6 Å². The molecule has 0 bridgehead atoms. The maximum atomic E-state index is 13.0. The standard InChI is InChI=1S/C25H26F3N5O/c1-4-33(23(29-3)19-10-12-30-13-11-19)16-18-6-5-7-21(14-18)31-24(34)32-22-15-20(25(26,27)28)9-8-17(22)2/h5-15H,4,16H2,1-3H3,(H2,31,32,34). The zero-order chi connectivity index (χ0) is 24.7. The van der Waals surface area contributed by atoms with Crippen LogP contribution in [0, 0.1) is 6.92 Å². The Hall–Kier alpha value is -3.88. The monoisotopic (exact) mass is 469 g/mol. The van der Waals surface area contributed by atoms with Crippen molar-refractivity contribution >= 4 is 23.2 Å².